The molecule has 0 atom stereocenters. The van der Waals surface area contributed by atoms with Crippen LogP contribution in [0.3, 0.4) is 0 Å². The number of nitrogen functional groups attached to an aromatic ring is 1. The lowest BCUT2D eigenvalue weighted by atomic mass is 10.3. The fraction of sp³-hybridized carbons (Fsp3) is 0.0833. The number of hydrogen-bond donors (Lipinski definition) is 2. The highest BCUT2D eigenvalue weighted by atomic mass is 35.5. The van der Waals surface area contributed by atoms with Crippen LogP contribution in [0, 0.1) is 18.6 Å². The van der Waals surface area contributed by atoms with Crippen molar-refractivity contribution in [1.82, 2.24) is 4.98 Å². The van der Waals surface area contributed by atoms with Gasteiger partial charge in [0.15, 0.2) is 11.6 Å². The third kappa shape index (κ3) is 3.22. The molecule has 0 saturated carbocycles. The molecule has 9 heteroatoms. The molecule has 0 unspecified atom stereocenters. The number of halogens is 3. The summed E-state index contributed by atoms with van der Waals surface area (Å²) in [7, 11) is -4.35. The van der Waals surface area contributed by atoms with Crippen molar-refractivity contribution in [3.8, 4) is 0 Å². The van der Waals surface area contributed by atoms with Crippen LogP contribution in [0.2, 0.25) is 5.15 Å². The molecule has 1 aromatic heterocycles. The fourth-order valence-electron chi connectivity index (χ4n) is 1.60. The van der Waals surface area contributed by atoms with Gasteiger partial charge in [-0.05, 0) is 30.7 Å². The zero-order valence-electron chi connectivity index (χ0n) is 10.7. The smallest absolute Gasteiger partial charge is 0.265 e. The van der Waals surface area contributed by atoms with Gasteiger partial charge in [-0.25, -0.2) is 22.2 Å². The molecule has 0 fully saturated rings. The lowest BCUT2D eigenvalue weighted by molar-refractivity contribution is 0.486. The van der Waals surface area contributed by atoms with Crippen molar-refractivity contribution in [2.75, 3.05) is 10.5 Å². The summed E-state index contributed by atoms with van der Waals surface area (Å²) in [5, 5.41) is 0.208. The maximum Gasteiger partial charge on any atom is 0.265 e. The van der Waals surface area contributed by atoms with Crippen LogP contribution in [-0.2, 0) is 10.0 Å². The molecule has 0 aliphatic carbocycles. The summed E-state index contributed by atoms with van der Waals surface area (Å²) in [6.45, 7) is 1.62. The summed E-state index contributed by atoms with van der Waals surface area (Å²) in [6, 6.07) is 2.94. The van der Waals surface area contributed by atoms with Gasteiger partial charge in [0.05, 0.1) is 11.9 Å². The van der Waals surface area contributed by atoms with Crippen molar-refractivity contribution in [1.29, 1.82) is 0 Å². The monoisotopic (exact) mass is 333 g/mol. The molecule has 3 N–H and O–H groups in total. The molecule has 2 aromatic rings. The summed E-state index contributed by atoms with van der Waals surface area (Å²) >= 11 is 5.72. The second kappa shape index (κ2) is 5.45. The van der Waals surface area contributed by atoms with Crippen molar-refractivity contribution in [2.45, 2.75) is 11.8 Å². The van der Waals surface area contributed by atoms with Crippen molar-refractivity contribution < 1.29 is 17.2 Å². The number of nitrogens with two attached hydrogens (primary N) is 1. The molecule has 0 bridgehead atoms. The van der Waals surface area contributed by atoms with E-state index in [-0.39, 0.29) is 16.5 Å². The van der Waals surface area contributed by atoms with Gasteiger partial charge < -0.3 is 5.73 Å². The van der Waals surface area contributed by atoms with Gasteiger partial charge in [-0.2, -0.15) is 0 Å². The first-order valence-corrected chi connectivity index (χ1v) is 7.46. The van der Waals surface area contributed by atoms with Gasteiger partial charge in [-0.3, -0.25) is 4.72 Å². The summed E-state index contributed by atoms with van der Waals surface area (Å²) in [5.41, 5.74) is 5.72. The zero-order valence-corrected chi connectivity index (χ0v) is 12.3. The van der Waals surface area contributed by atoms with Crippen molar-refractivity contribution in [2.24, 2.45) is 0 Å². The molecule has 0 aliphatic rings. The van der Waals surface area contributed by atoms with E-state index in [4.69, 9.17) is 17.3 Å². The molecule has 0 spiro atoms. The molecule has 0 aliphatic heterocycles. The highest BCUT2D eigenvalue weighted by Gasteiger charge is 2.23. The predicted molar refractivity (Wildman–Crippen MR) is 75.6 cm³/mol. The molecule has 5 nitrogen and oxygen atoms in total. The highest BCUT2D eigenvalue weighted by molar-refractivity contribution is 7.92. The SMILES string of the molecule is Cc1cc(NS(=O)(=O)c2cc(N)cc(F)c2F)cnc1Cl. The van der Waals surface area contributed by atoms with E-state index in [0.717, 1.165) is 12.3 Å². The second-order valence-corrected chi connectivity index (χ2v) is 6.26. The first-order chi connectivity index (χ1) is 9.70. The van der Waals surface area contributed by atoms with E-state index in [2.05, 4.69) is 9.71 Å². The van der Waals surface area contributed by atoms with Crippen LogP contribution >= 0.6 is 11.6 Å². The largest absolute Gasteiger partial charge is 0.399 e. The molecule has 0 amide bonds. The normalized spacial score (nSPS) is 11.4. The van der Waals surface area contributed by atoms with Gasteiger partial charge >= 0.3 is 0 Å². The number of nitrogens with one attached hydrogen (secondary N) is 1. The minimum atomic E-state index is -4.35. The van der Waals surface area contributed by atoms with E-state index in [1.54, 1.807) is 6.92 Å². The second-order valence-electron chi connectivity index (χ2n) is 4.25. The van der Waals surface area contributed by atoms with Crippen LogP contribution in [0.4, 0.5) is 20.2 Å². The zero-order chi connectivity index (χ0) is 15.8. The quantitative estimate of drug-likeness (QED) is 0.668. The molecular weight excluding hydrogens is 324 g/mol. The molecule has 0 radical (unpaired) electrons. The first-order valence-electron chi connectivity index (χ1n) is 5.60. The maximum absolute atomic E-state index is 13.6. The van der Waals surface area contributed by atoms with Crippen LogP contribution in [-0.4, -0.2) is 13.4 Å². The van der Waals surface area contributed by atoms with Crippen LogP contribution in [0.15, 0.2) is 29.3 Å². The third-order valence-corrected chi connectivity index (χ3v) is 4.35. The highest BCUT2D eigenvalue weighted by Crippen LogP contribution is 2.24. The Bertz CT molecular complexity index is 812. The molecule has 0 saturated heterocycles. The Morgan fingerprint density at radius 1 is 1.29 bits per heavy atom. The molecule has 2 rings (SSSR count). The van der Waals surface area contributed by atoms with Crippen molar-refractivity contribution >= 4 is 33.0 Å². The average Bonchev–Trinajstić information content (AvgIpc) is 2.37. The number of aromatic nitrogens is 1. The number of nitrogens with zero attached hydrogens (tertiary/aromatic N) is 1. The minimum absolute atomic E-state index is 0.0686. The van der Waals surface area contributed by atoms with E-state index in [9.17, 15) is 17.2 Å². The summed E-state index contributed by atoms with van der Waals surface area (Å²) < 4.78 is 53.2. The topological polar surface area (TPSA) is 85.1 Å². The number of sulfonamides is 1. The van der Waals surface area contributed by atoms with E-state index in [1.165, 1.54) is 6.07 Å². The van der Waals surface area contributed by atoms with E-state index < -0.39 is 26.6 Å². The first kappa shape index (κ1) is 15.5. The maximum atomic E-state index is 13.6. The minimum Gasteiger partial charge on any atom is -0.399 e. The van der Waals surface area contributed by atoms with Crippen LogP contribution in [0.25, 0.3) is 0 Å². The lowest BCUT2D eigenvalue weighted by Crippen LogP contribution is -2.16. The van der Waals surface area contributed by atoms with Crippen molar-refractivity contribution in [3.05, 3.63) is 46.7 Å². The van der Waals surface area contributed by atoms with Gasteiger partial charge in [-0.15, -0.1) is 0 Å². The Kier molecular flexibility index (Phi) is 4.02. The van der Waals surface area contributed by atoms with Crippen molar-refractivity contribution in [3.63, 3.8) is 0 Å². The summed E-state index contributed by atoms with van der Waals surface area (Å²) in [6.07, 6.45) is 1.16. The average molecular weight is 334 g/mol. The number of aryl methyl sites for hydroxylation is 1. The predicted octanol–water partition coefficient (Wildman–Crippen LogP) is 2.70. The van der Waals surface area contributed by atoms with Crippen LogP contribution < -0.4 is 10.5 Å². The molecular formula is C12H10ClF2N3O2S. The van der Waals surface area contributed by atoms with Gasteiger partial charge in [0.2, 0.25) is 0 Å². The van der Waals surface area contributed by atoms with Crippen LogP contribution in [0.1, 0.15) is 5.56 Å². The van der Waals surface area contributed by atoms with Gasteiger partial charge in [-0.1, -0.05) is 11.6 Å². The molecule has 1 heterocycles. The van der Waals surface area contributed by atoms with E-state index in [0.29, 0.717) is 11.6 Å². The van der Waals surface area contributed by atoms with Crippen LogP contribution in [0.5, 0.6) is 0 Å². The Balaban J connectivity index is 2.45. The summed E-state index contributed by atoms with van der Waals surface area (Å²) in [4.78, 5) is 2.88. The number of hydrogen-bond acceptors (Lipinski definition) is 4. The third-order valence-electron chi connectivity index (χ3n) is 2.57. The Morgan fingerprint density at radius 2 is 1.95 bits per heavy atom. The molecule has 21 heavy (non-hydrogen) atoms. The lowest BCUT2D eigenvalue weighted by Gasteiger charge is -2.10. The Labute approximate surface area is 124 Å². The van der Waals surface area contributed by atoms with Gasteiger partial charge in [0.1, 0.15) is 10.0 Å². The molecule has 112 valence electrons. The van der Waals surface area contributed by atoms with E-state index in [1.807, 2.05) is 0 Å². The number of pyridine rings is 1. The van der Waals surface area contributed by atoms with Gasteiger partial charge in [0, 0.05) is 5.69 Å². The van der Waals surface area contributed by atoms with E-state index >= 15 is 0 Å². The molecule has 1 aromatic carbocycles. The van der Waals surface area contributed by atoms with Gasteiger partial charge in [0.25, 0.3) is 10.0 Å². The fourth-order valence-corrected chi connectivity index (χ4v) is 2.86. The number of benzene rings is 1. The Morgan fingerprint density at radius 3 is 2.57 bits per heavy atom. The number of anilines is 2. The Hall–Kier alpha value is -1.93. The standard InChI is InChI=1S/C12H10ClF2N3O2S/c1-6-2-8(5-17-12(6)13)18-21(19,20)10-4-7(16)3-9(14)11(10)15/h2-5,18H,16H2,1H3. The number of rotatable bonds is 3. The summed E-state index contributed by atoms with van der Waals surface area (Å²) in [5.74, 6) is -2.85.